The number of hydrogen-bond donors (Lipinski definition) is 1. The van der Waals surface area contributed by atoms with Gasteiger partial charge in [-0.1, -0.05) is 41.4 Å². The number of hydrogen-bond acceptors (Lipinski definition) is 6. The Labute approximate surface area is 216 Å². The smallest absolute Gasteiger partial charge is 0.341 e. The van der Waals surface area contributed by atoms with Crippen molar-refractivity contribution >= 4 is 50.2 Å². The molecule has 0 spiro atoms. The van der Waals surface area contributed by atoms with Gasteiger partial charge in [0.1, 0.15) is 28.2 Å². The number of nitrogens with zero attached hydrogens (tertiary/aromatic N) is 1. The highest BCUT2D eigenvalue weighted by Gasteiger charge is 2.30. The van der Waals surface area contributed by atoms with Gasteiger partial charge in [-0.15, -0.1) is 11.3 Å². The zero-order chi connectivity index (χ0) is 24.9. The van der Waals surface area contributed by atoms with Crippen molar-refractivity contribution in [2.45, 2.75) is 39.5 Å². The Morgan fingerprint density at radius 3 is 2.71 bits per heavy atom. The minimum atomic E-state index is -0.592. The molecule has 1 atom stereocenters. The lowest BCUT2D eigenvalue weighted by atomic mass is 9.85. The number of benzene rings is 1. The van der Waals surface area contributed by atoms with Gasteiger partial charge < -0.3 is 14.5 Å². The van der Waals surface area contributed by atoms with Crippen molar-refractivity contribution in [3.63, 3.8) is 0 Å². The summed E-state index contributed by atoms with van der Waals surface area (Å²) < 4.78 is 12.1. The molecule has 0 saturated carbocycles. The van der Waals surface area contributed by atoms with E-state index in [0.717, 1.165) is 46.2 Å². The molecule has 1 aliphatic carbocycles. The Kier molecular flexibility index (Phi) is 7.89. The van der Waals surface area contributed by atoms with Crippen LogP contribution in [0.25, 0.3) is 17.4 Å². The molecule has 180 valence electrons. The van der Waals surface area contributed by atoms with Crippen molar-refractivity contribution in [3.05, 3.63) is 68.2 Å². The van der Waals surface area contributed by atoms with Crippen LogP contribution in [0.5, 0.6) is 0 Å². The topological polar surface area (TPSA) is 92.3 Å². The fourth-order valence-corrected chi connectivity index (χ4v) is 5.78. The molecule has 1 aliphatic rings. The van der Waals surface area contributed by atoms with E-state index in [1.54, 1.807) is 19.1 Å². The summed E-state index contributed by atoms with van der Waals surface area (Å²) in [6.45, 7) is 4.17. The van der Waals surface area contributed by atoms with Gasteiger partial charge in [0.2, 0.25) is 0 Å². The normalized spacial score (nSPS) is 15.3. The number of amides is 1. The Balaban J connectivity index is 1.59. The first-order chi connectivity index (χ1) is 16.9. The fraction of sp³-hybridized carbons (Fsp3) is 0.296. The SMILES string of the molecule is CCOC(=O)c1c(NC(=O)/C(C#N)=C/c2ccc(-c3ccc(Br)cc3)o2)sc2c1CCC(CC)C2. The van der Waals surface area contributed by atoms with Gasteiger partial charge in [0.05, 0.1) is 12.2 Å². The lowest BCUT2D eigenvalue weighted by Crippen LogP contribution is -2.17. The van der Waals surface area contributed by atoms with Crippen molar-refractivity contribution in [3.8, 4) is 17.4 Å². The second-order valence-electron chi connectivity index (χ2n) is 8.28. The number of fused-ring (bicyclic) bond motifs is 1. The second-order valence-corrected chi connectivity index (χ2v) is 10.3. The molecule has 35 heavy (non-hydrogen) atoms. The molecule has 6 nitrogen and oxygen atoms in total. The summed E-state index contributed by atoms with van der Waals surface area (Å²) >= 11 is 4.81. The number of rotatable bonds is 7. The third-order valence-electron chi connectivity index (χ3n) is 6.06. The molecule has 8 heteroatoms. The van der Waals surface area contributed by atoms with Crippen LogP contribution in [0.2, 0.25) is 0 Å². The van der Waals surface area contributed by atoms with E-state index in [1.165, 1.54) is 17.4 Å². The van der Waals surface area contributed by atoms with E-state index in [-0.39, 0.29) is 12.2 Å². The van der Waals surface area contributed by atoms with Crippen LogP contribution < -0.4 is 5.32 Å². The van der Waals surface area contributed by atoms with Crippen LogP contribution in [-0.2, 0) is 22.4 Å². The number of thiophene rings is 1. The zero-order valence-corrected chi connectivity index (χ0v) is 21.9. The van der Waals surface area contributed by atoms with Gasteiger partial charge in [0.15, 0.2) is 0 Å². The van der Waals surface area contributed by atoms with Crippen LogP contribution in [-0.4, -0.2) is 18.5 Å². The molecule has 0 bridgehead atoms. The summed E-state index contributed by atoms with van der Waals surface area (Å²) in [5.74, 6) is 0.542. The van der Waals surface area contributed by atoms with E-state index >= 15 is 0 Å². The Hall–Kier alpha value is -3.15. The molecule has 0 aliphatic heterocycles. The van der Waals surface area contributed by atoms with Crippen LogP contribution in [0, 0.1) is 17.2 Å². The summed E-state index contributed by atoms with van der Waals surface area (Å²) in [5, 5.41) is 12.9. The van der Waals surface area contributed by atoms with Crippen molar-refractivity contribution in [2.75, 3.05) is 11.9 Å². The molecule has 0 radical (unpaired) electrons. The second kappa shape index (κ2) is 11.1. The number of esters is 1. The summed E-state index contributed by atoms with van der Waals surface area (Å²) in [6, 6.07) is 13.1. The predicted octanol–water partition coefficient (Wildman–Crippen LogP) is 7.01. The number of halogens is 1. The van der Waals surface area contributed by atoms with Crippen molar-refractivity contribution < 1.29 is 18.7 Å². The Morgan fingerprint density at radius 1 is 1.26 bits per heavy atom. The maximum Gasteiger partial charge on any atom is 0.341 e. The molecular formula is C27H25BrN2O4S. The quantitative estimate of drug-likeness (QED) is 0.193. The Bertz CT molecular complexity index is 1310. The van der Waals surface area contributed by atoms with Gasteiger partial charge in [0.25, 0.3) is 5.91 Å². The average molecular weight is 553 g/mol. The predicted molar refractivity (Wildman–Crippen MR) is 140 cm³/mol. The summed E-state index contributed by atoms with van der Waals surface area (Å²) in [4.78, 5) is 26.9. The number of nitriles is 1. The van der Waals surface area contributed by atoms with E-state index in [0.29, 0.717) is 28.0 Å². The molecule has 1 N–H and O–H groups in total. The molecule has 0 saturated heterocycles. The van der Waals surface area contributed by atoms with Gasteiger partial charge in [-0.25, -0.2) is 4.79 Å². The minimum absolute atomic E-state index is 0.116. The molecule has 2 aromatic heterocycles. The van der Waals surface area contributed by atoms with E-state index < -0.39 is 11.9 Å². The van der Waals surface area contributed by atoms with Crippen LogP contribution in [0.15, 0.2) is 50.9 Å². The molecule has 0 fully saturated rings. The van der Waals surface area contributed by atoms with Crippen LogP contribution in [0.4, 0.5) is 5.00 Å². The van der Waals surface area contributed by atoms with Crippen molar-refractivity contribution in [1.82, 2.24) is 0 Å². The number of ether oxygens (including phenoxy) is 1. The highest BCUT2D eigenvalue weighted by atomic mass is 79.9. The van der Waals surface area contributed by atoms with Gasteiger partial charge in [-0.05, 0) is 61.9 Å². The first-order valence-electron chi connectivity index (χ1n) is 11.5. The van der Waals surface area contributed by atoms with E-state index in [9.17, 15) is 14.9 Å². The summed E-state index contributed by atoms with van der Waals surface area (Å²) in [5.41, 5.74) is 2.14. The zero-order valence-electron chi connectivity index (χ0n) is 19.5. The van der Waals surface area contributed by atoms with Crippen molar-refractivity contribution in [1.29, 1.82) is 5.26 Å². The first-order valence-corrected chi connectivity index (χ1v) is 13.1. The van der Waals surface area contributed by atoms with Crippen molar-refractivity contribution in [2.24, 2.45) is 5.92 Å². The third-order valence-corrected chi connectivity index (χ3v) is 7.76. The molecule has 2 heterocycles. The van der Waals surface area contributed by atoms with E-state index in [1.807, 2.05) is 30.3 Å². The van der Waals surface area contributed by atoms with E-state index in [4.69, 9.17) is 9.15 Å². The average Bonchev–Trinajstić information content (AvgIpc) is 3.46. The number of nitrogens with one attached hydrogen (secondary N) is 1. The van der Waals surface area contributed by atoms with Crippen LogP contribution >= 0.6 is 27.3 Å². The highest BCUT2D eigenvalue weighted by molar-refractivity contribution is 9.10. The lowest BCUT2D eigenvalue weighted by molar-refractivity contribution is -0.112. The number of anilines is 1. The number of carbonyl (C=O) groups excluding carboxylic acids is 2. The molecule has 1 aromatic carbocycles. The van der Waals surface area contributed by atoms with Gasteiger partial charge >= 0.3 is 5.97 Å². The van der Waals surface area contributed by atoms with Gasteiger partial charge in [0, 0.05) is 21.0 Å². The molecule has 1 unspecified atom stereocenters. The largest absolute Gasteiger partial charge is 0.462 e. The monoisotopic (exact) mass is 552 g/mol. The third kappa shape index (κ3) is 5.58. The molecule has 1 amide bonds. The van der Waals surface area contributed by atoms with Gasteiger partial charge in [-0.2, -0.15) is 5.26 Å². The summed E-state index contributed by atoms with van der Waals surface area (Å²) in [7, 11) is 0. The fourth-order valence-electron chi connectivity index (χ4n) is 4.17. The minimum Gasteiger partial charge on any atom is -0.462 e. The summed E-state index contributed by atoms with van der Waals surface area (Å²) in [6.07, 6.45) is 5.14. The lowest BCUT2D eigenvalue weighted by Gasteiger charge is -2.20. The molecular weight excluding hydrogens is 528 g/mol. The molecule has 3 aromatic rings. The maximum atomic E-state index is 13.0. The van der Waals surface area contributed by atoms with E-state index in [2.05, 4.69) is 28.2 Å². The highest BCUT2D eigenvalue weighted by Crippen LogP contribution is 2.41. The number of furan rings is 1. The Morgan fingerprint density at radius 2 is 2.03 bits per heavy atom. The van der Waals surface area contributed by atoms with Gasteiger partial charge in [-0.3, -0.25) is 4.79 Å². The van der Waals surface area contributed by atoms with Crippen LogP contribution in [0.3, 0.4) is 0 Å². The standard InChI is InChI=1S/C27H25BrN2O4S/c1-3-16-5-11-21-23(13-16)35-26(24(21)27(32)33-4-2)30-25(31)18(15-29)14-20-10-12-22(34-20)17-6-8-19(28)9-7-17/h6-10,12,14,16H,3-5,11,13H2,1-2H3,(H,30,31)/b18-14+. The van der Waals surface area contributed by atoms with Crippen LogP contribution in [0.1, 0.15) is 53.2 Å². The number of carbonyl (C=O) groups is 2. The molecule has 4 rings (SSSR count). The first kappa shape index (κ1) is 25.0. The maximum absolute atomic E-state index is 13.0.